The zero-order chi connectivity index (χ0) is 11.6. The van der Waals surface area contributed by atoms with Crippen molar-refractivity contribution in [3.05, 3.63) is 10.3 Å². The van der Waals surface area contributed by atoms with Gasteiger partial charge in [-0.25, -0.2) is 0 Å². The Morgan fingerprint density at radius 1 is 1.47 bits per heavy atom. The van der Waals surface area contributed by atoms with Crippen LogP contribution in [0.4, 0.5) is 5.69 Å². The lowest BCUT2D eigenvalue weighted by Crippen LogP contribution is -2.20. The third-order valence-corrected chi connectivity index (χ3v) is 2.64. The van der Waals surface area contributed by atoms with E-state index in [1.165, 1.54) is 16.2 Å². The summed E-state index contributed by atoms with van der Waals surface area (Å²) in [6.45, 7) is 3.68. The molecule has 1 N–H and O–H groups in total. The van der Waals surface area contributed by atoms with Crippen molar-refractivity contribution in [2.75, 3.05) is 14.1 Å². The fourth-order valence-corrected chi connectivity index (χ4v) is 1.91. The van der Waals surface area contributed by atoms with Gasteiger partial charge in [0.05, 0.1) is 0 Å². The highest BCUT2D eigenvalue weighted by Crippen LogP contribution is 2.36. The molecule has 0 aliphatic carbocycles. The first kappa shape index (κ1) is 11.7. The summed E-state index contributed by atoms with van der Waals surface area (Å²) in [5.41, 5.74) is 1.30. The lowest BCUT2D eigenvalue weighted by molar-refractivity contribution is 0.0829. The summed E-state index contributed by atoms with van der Waals surface area (Å²) < 4.78 is 0. The highest BCUT2D eigenvalue weighted by Gasteiger charge is 2.18. The number of carbonyl (C=O) groups is 1. The van der Waals surface area contributed by atoms with Crippen LogP contribution in [0.25, 0.3) is 0 Å². The smallest absolute Gasteiger partial charge is 0.267 e. The number of aromatic hydroxyl groups is 1. The highest BCUT2D eigenvalue weighted by atomic mass is 32.1. The minimum Gasteiger partial charge on any atom is -0.504 e. The molecule has 0 aromatic carbocycles. The van der Waals surface area contributed by atoms with Gasteiger partial charge in [0.2, 0.25) is 0 Å². The predicted octanol–water partition coefficient (Wildman–Crippen LogP) is 2.27. The molecule has 5 heteroatoms. The van der Waals surface area contributed by atoms with Gasteiger partial charge in [0.1, 0.15) is 10.6 Å². The molecule has 1 aromatic heterocycles. The number of hydrogen-bond donors (Lipinski definition) is 1. The number of aliphatic imine (C=N–C) groups is 1. The molecule has 15 heavy (non-hydrogen) atoms. The van der Waals surface area contributed by atoms with E-state index < -0.39 is 0 Å². The van der Waals surface area contributed by atoms with E-state index in [9.17, 15) is 9.90 Å². The average molecular weight is 226 g/mol. The summed E-state index contributed by atoms with van der Waals surface area (Å²) in [7, 11) is 3.30. The topological polar surface area (TPSA) is 52.9 Å². The molecule has 0 aliphatic heterocycles. The highest BCUT2D eigenvalue weighted by molar-refractivity contribution is 7.13. The van der Waals surface area contributed by atoms with Crippen molar-refractivity contribution in [2.24, 2.45) is 4.99 Å². The van der Waals surface area contributed by atoms with Gasteiger partial charge in [-0.3, -0.25) is 9.79 Å². The molecule has 1 aromatic rings. The second-order valence-electron chi connectivity index (χ2n) is 3.56. The number of nitrogens with zero attached hydrogens (tertiary/aromatic N) is 2. The van der Waals surface area contributed by atoms with Crippen LogP contribution in [0.3, 0.4) is 0 Å². The van der Waals surface area contributed by atoms with Gasteiger partial charge in [-0.2, -0.15) is 0 Å². The molecule has 1 heterocycles. The molecule has 0 saturated carbocycles. The molecule has 0 aliphatic rings. The van der Waals surface area contributed by atoms with Crippen molar-refractivity contribution in [1.82, 2.24) is 4.90 Å². The lowest BCUT2D eigenvalue weighted by atomic mass is 10.3. The molecule has 0 bridgehead atoms. The Labute approximate surface area is 92.9 Å². The third-order valence-electron chi connectivity index (χ3n) is 1.69. The molecule has 1 rings (SSSR count). The van der Waals surface area contributed by atoms with Gasteiger partial charge < -0.3 is 10.0 Å². The van der Waals surface area contributed by atoms with E-state index in [1.807, 2.05) is 13.8 Å². The second-order valence-corrected chi connectivity index (χ2v) is 4.44. The Balaban J connectivity index is 3.10. The zero-order valence-electron chi connectivity index (χ0n) is 9.24. The van der Waals surface area contributed by atoms with E-state index >= 15 is 0 Å². The maximum absolute atomic E-state index is 11.6. The van der Waals surface area contributed by atoms with Crippen LogP contribution in [0.5, 0.6) is 5.75 Å². The van der Waals surface area contributed by atoms with Gasteiger partial charge in [-0.1, -0.05) is 0 Å². The maximum atomic E-state index is 11.6. The van der Waals surface area contributed by atoms with Crippen LogP contribution in [0.2, 0.25) is 0 Å². The van der Waals surface area contributed by atoms with E-state index in [-0.39, 0.29) is 11.7 Å². The number of hydrogen-bond acceptors (Lipinski definition) is 4. The SMILES string of the molecule is CC(C)=Nc1csc(C(=O)N(C)C)c1O. The Bertz CT molecular complexity index is 404. The van der Waals surface area contributed by atoms with Crippen molar-refractivity contribution in [3.8, 4) is 5.75 Å². The van der Waals surface area contributed by atoms with E-state index in [0.29, 0.717) is 10.6 Å². The van der Waals surface area contributed by atoms with Crippen molar-refractivity contribution >= 4 is 28.6 Å². The van der Waals surface area contributed by atoms with Crippen molar-refractivity contribution in [1.29, 1.82) is 0 Å². The standard InChI is InChI=1S/C10H14N2O2S/c1-6(2)11-7-5-15-9(8(7)13)10(14)12(3)4/h5,13H,1-4H3. The Morgan fingerprint density at radius 3 is 2.53 bits per heavy atom. The molecule has 82 valence electrons. The second kappa shape index (κ2) is 4.44. The number of carbonyl (C=O) groups excluding carboxylic acids is 1. The Morgan fingerprint density at radius 2 is 2.07 bits per heavy atom. The van der Waals surface area contributed by atoms with Gasteiger partial charge in [0, 0.05) is 25.2 Å². The van der Waals surface area contributed by atoms with Gasteiger partial charge in [-0.15, -0.1) is 11.3 Å². The van der Waals surface area contributed by atoms with Crippen molar-refractivity contribution < 1.29 is 9.90 Å². The number of rotatable bonds is 2. The summed E-state index contributed by atoms with van der Waals surface area (Å²) in [4.78, 5) is 17.5. The summed E-state index contributed by atoms with van der Waals surface area (Å²) in [5, 5.41) is 11.4. The molecule has 0 fully saturated rings. The molecular weight excluding hydrogens is 212 g/mol. The zero-order valence-corrected chi connectivity index (χ0v) is 10.1. The Hall–Kier alpha value is -1.36. The van der Waals surface area contributed by atoms with E-state index in [1.54, 1.807) is 19.5 Å². The van der Waals surface area contributed by atoms with Gasteiger partial charge >= 0.3 is 0 Å². The van der Waals surface area contributed by atoms with Crippen LogP contribution < -0.4 is 0 Å². The Kier molecular flexibility index (Phi) is 3.47. The summed E-state index contributed by atoms with van der Waals surface area (Å²) in [6.07, 6.45) is 0. The third kappa shape index (κ3) is 2.56. The van der Waals surface area contributed by atoms with Crippen LogP contribution >= 0.6 is 11.3 Å². The van der Waals surface area contributed by atoms with Crippen LogP contribution in [0.1, 0.15) is 23.5 Å². The molecule has 1 amide bonds. The molecule has 0 atom stereocenters. The van der Waals surface area contributed by atoms with Crippen LogP contribution in [-0.4, -0.2) is 35.7 Å². The van der Waals surface area contributed by atoms with Crippen molar-refractivity contribution in [2.45, 2.75) is 13.8 Å². The van der Waals surface area contributed by atoms with Gasteiger partial charge in [-0.05, 0) is 13.8 Å². The first-order valence-electron chi connectivity index (χ1n) is 4.47. The van der Waals surface area contributed by atoms with E-state index in [2.05, 4.69) is 4.99 Å². The van der Waals surface area contributed by atoms with E-state index in [0.717, 1.165) is 5.71 Å². The first-order chi connectivity index (χ1) is 6.93. The molecule has 4 nitrogen and oxygen atoms in total. The number of amides is 1. The number of thiophene rings is 1. The fraction of sp³-hybridized carbons (Fsp3) is 0.400. The molecule has 0 unspecified atom stereocenters. The van der Waals surface area contributed by atoms with Gasteiger partial charge in [0.15, 0.2) is 5.75 Å². The quantitative estimate of drug-likeness (QED) is 0.786. The van der Waals surface area contributed by atoms with E-state index in [4.69, 9.17) is 0 Å². The summed E-state index contributed by atoms with van der Waals surface area (Å²) in [6, 6.07) is 0. The molecule has 0 spiro atoms. The van der Waals surface area contributed by atoms with Gasteiger partial charge in [0.25, 0.3) is 5.91 Å². The average Bonchev–Trinajstić information content (AvgIpc) is 2.46. The van der Waals surface area contributed by atoms with Crippen LogP contribution in [0.15, 0.2) is 10.4 Å². The van der Waals surface area contributed by atoms with Crippen molar-refractivity contribution in [3.63, 3.8) is 0 Å². The summed E-state index contributed by atoms with van der Waals surface area (Å²) in [5.74, 6) is -0.229. The minimum atomic E-state index is -0.201. The minimum absolute atomic E-state index is 0.0279. The van der Waals surface area contributed by atoms with Crippen LogP contribution in [-0.2, 0) is 0 Å². The maximum Gasteiger partial charge on any atom is 0.267 e. The lowest BCUT2D eigenvalue weighted by Gasteiger charge is -2.08. The fourth-order valence-electron chi connectivity index (χ4n) is 1.02. The first-order valence-corrected chi connectivity index (χ1v) is 5.35. The normalized spacial score (nSPS) is 9.87. The predicted molar refractivity (Wildman–Crippen MR) is 62.4 cm³/mol. The summed E-state index contributed by atoms with van der Waals surface area (Å²) >= 11 is 1.21. The van der Waals surface area contributed by atoms with Crippen LogP contribution in [0, 0.1) is 0 Å². The molecular formula is C10H14N2O2S. The largest absolute Gasteiger partial charge is 0.504 e. The molecule has 0 radical (unpaired) electrons. The molecule has 0 saturated heterocycles. The monoisotopic (exact) mass is 226 g/mol.